The number of pyridine rings is 1. The summed E-state index contributed by atoms with van der Waals surface area (Å²) in [6.07, 6.45) is 1.55. The Kier molecular flexibility index (Phi) is 3.95. The van der Waals surface area contributed by atoms with Crippen LogP contribution in [0.4, 0.5) is 5.69 Å². The minimum atomic E-state index is -3.59. The minimum Gasteiger partial charge on any atom is -0.316 e. The lowest BCUT2D eigenvalue weighted by molar-refractivity contribution is 0.597. The maximum atomic E-state index is 12.0. The van der Waals surface area contributed by atoms with E-state index < -0.39 is 10.0 Å². The number of nitrogens with zero attached hydrogens (tertiary/aromatic N) is 1. The fourth-order valence-electron chi connectivity index (χ4n) is 1.41. The molecule has 96 valence electrons. The van der Waals surface area contributed by atoms with Crippen molar-refractivity contribution in [2.24, 2.45) is 0 Å². The Morgan fingerprint density at radius 1 is 1.33 bits per heavy atom. The van der Waals surface area contributed by atoms with Crippen LogP contribution in [0.1, 0.15) is 5.56 Å². The zero-order chi connectivity index (χ0) is 13.0. The van der Waals surface area contributed by atoms with E-state index in [4.69, 9.17) is 0 Å². The molecular formula is C11H13N3O2S2. The zero-order valence-corrected chi connectivity index (χ0v) is 11.4. The van der Waals surface area contributed by atoms with Crippen LogP contribution in [0.15, 0.2) is 40.2 Å². The molecule has 2 heterocycles. The van der Waals surface area contributed by atoms with Crippen LogP contribution in [0.5, 0.6) is 0 Å². The van der Waals surface area contributed by atoms with Gasteiger partial charge in [-0.3, -0.25) is 4.72 Å². The second-order valence-electron chi connectivity index (χ2n) is 3.65. The van der Waals surface area contributed by atoms with E-state index in [-0.39, 0.29) is 5.03 Å². The third-order valence-corrected chi connectivity index (χ3v) is 4.21. The molecule has 2 N–H and O–H groups in total. The van der Waals surface area contributed by atoms with Gasteiger partial charge in [0, 0.05) is 18.1 Å². The molecule has 2 rings (SSSR count). The smallest absolute Gasteiger partial charge is 0.279 e. The number of hydrogen-bond acceptors (Lipinski definition) is 5. The Balaban J connectivity index is 2.19. The highest BCUT2D eigenvalue weighted by Crippen LogP contribution is 2.17. The first-order valence-corrected chi connectivity index (χ1v) is 7.69. The number of anilines is 1. The van der Waals surface area contributed by atoms with Crippen molar-refractivity contribution in [3.8, 4) is 0 Å². The van der Waals surface area contributed by atoms with E-state index in [1.54, 1.807) is 29.1 Å². The van der Waals surface area contributed by atoms with Gasteiger partial charge < -0.3 is 5.32 Å². The summed E-state index contributed by atoms with van der Waals surface area (Å²) >= 11 is 1.43. The molecule has 0 saturated carbocycles. The lowest BCUT2D eigenvalue weighted by atomic mass is 10.3. The molecule has 0 fully saturated rings. The van der Waals surface area contributed by atoms with Gasteiger partial charge in [-0.2, -0.15) is 19.8 Å². The van der Waals surface area contributed by atoms with Crippen LogP contribution in [-0.2, 0) is 16.6 Å². The van der Waals surface area contributed by atoms with E-state index in [9.17, 15) is 8.42 Å². The summed E-state index contributed by atoms with van der Waals surface area (Å²) < 4.78 is 26.4. The molecule has 0 aliphatic carbocycles. The van der Waals surface area contributed by atoms with Crippen molar-refractivity contribution in [2.45, 2.75) is 11.6 Å². The first-order chi connectivity index (χ1) is 8.62. The summed E-state index contributed by atoms with van der Waals surface area (Å²) in [5.41, 5.74) is 1.49. The van der Waals surface area contributed by atoms with Crippen LogP contribution in [-0.4, -0.2) is 20.4 Å². The van der Waals surface area contributed by atoms with Crippen molar-refractivity contribution >= 4 is 27.0 Å². The number of nitrogens with one attached hydrogen (secondary N) is 2. The van der Waals surface area contributed by atoms with E-state index >= 15 is 0 Å². The van der Waals surface area contributed by atoms with Gasteiger partial charge in [0.25, 0.3) is 10.0 Å². The predicted octanol–water partition coefficient (Wildman–Crippen LogP) is 1.66. The van der Waals surface area contributed by atoms with Gasteiger partial charge in [0.1, 0.15) is 0 Å². The average molecular weight is 283 g/mol. The zero-order valence-electron chi connectivity index (χ0n) is 9.75. The maximum Gasteiger partial charge on any atom is 0.279 e. The van der Waals surface area contributed by atoms with Gasteiger partial charge >= 0.3 is 0 Å². The van der Waals surface area contributed by atoms with Gasteiger partial charge in [0.15, 0.2) is 5.03 Å². The number of rotatable bonds is 5. The van der Waals surface area contributed by atoms with Crippen molar-refractivity contribution in [1.82, 2.24) is 10.3 Å². The maximum absolute atomic E-state index is 12.0. The molecular weight excluding hydrogens is 270 g/mol. The van der Waals surface area contributed by atoms with Crippen LogP contribution in [0.25, 0.3) is 0 Å². The van der Waals surface area contributed by atoms with Gasteiger partial charge in [0.05, 0.1) is 5.69 Å². The van der Waals surface area contributed by atoms with E-state index in [0.29, 0.717) is 12.2 Å². The summed E-state index contributed by atoms with van der Waals surface area (Å²) in [5.74, 6) is 0. The predicted molar refractivity (Wildman–Crippen MR) is 72.1 cm³/mol. The lowest BCUT2D eigenvalue weighted by Crippen LogP contribution is -2.14. The van der Waals surface area contributed by atoms with Gasteiger partial charge in [-0.15, -0.1) is 0 Å². The number of thiophene rings is 1. The Hall–Kier alpha value is -1.44. The van der Waals surface area contributed by atoms with E-state index in [1.165, 1.54) is 17.4 Å². The Morgan fingerprint density at radius 2 is 2.17 bits per heavy atom. The van der Waals surface area contributed by atoms with E-state index in [0.717, 1.165) is 5.56 Å². The monoisotopic (exact) mass is 283 g/mol. The van der Waals surface area contributed by atoms with Crippen molar-refractivity contribution in [2.75, 3.05) is 11.8 Å². The molecule has 18 heavy (non-hydrogen) atoms. The van der Waals surface area contributed by atoms with E-state index in [2.05, 4.69) is 15.0 Å². The molecule has 0 amide bonds. The van der Waals surface area contributed by atoms with Gasteiger partial charge in [-0.05, 0) is 30.1 Å². The molecule has 0 aliphatic heterocycles. The average Bonchev–Trinajstić information content (AvgIpc) is 2.82. The summed E-state index contributed by atoms with van der Waals surface area (Å²) in [5, 5.41) is 6.53. The lowest BCUT2D eigenvalue weighted by Gasteiger charge is -2.06. The highest BCUT2D eigenvalue weighted by atomic mass is 32.2. The molecule has 0 unspecified atom stereocenters. The SMILES string of the molecule is CNCc1ccc(S(=O)(=O)Nc2ccsc2)nc1. The molecule has 0 atom stereocenters. The third-order valence-electron chi connectivity index (χ3n) is 2.23. The molecule has 0 spiro atoms. The molecule has 0 bridgehead atoms. The number of aromatic nitrogens is 1. The summed E-state index contributed by atoms with van der Waals surface area (Å²) in [7, 11) is -1.77. The quantitative estimate of drug-likeness (QED) is 0.875. The normalized spacial score (nSPS) is 11.4. The molecule has 2 aromatic rings. The van der Waals surface area contributed by atoms with E-state index in [1.807, 2.05) is 7.05 Å². The largest absolute Gasteiger partial charge is 0.316 e. The molecule has 0 aliphatic rings. The highest BCUT2D eigenvalue weighted by molar-refractivity contribution is 7.92. The number of sulfonamides is 1. The van der Waals surface area contributed by atoms with Crippen molar-refractivity contribution in [1.29, 1.82) is 0 Å². The fraction of sp³-hybridized carbons (Fsp3) is 0.182. The third kappa shape index (κ3) is 3.06. The summed E-state index contributed by atoms with van der Waals surface area (Å²) in [4.78, 5) is 3.96. The second-order valence-corrected chi connectivity index (χ2v) is 6.06. The standard InChI is InChI=1S/C11H13N3O2S2/c1-12-6-9-2-3-11(13-7-9)18(15,16)14-10-4-5-17-8-10/h2-5,7-8,12,14H,6H2,1H3. The fourth-order valence-corrected chi connectivity index (χ4v) is 3.05. The molecule has 0 radical (unpaired) electrons. The Labute approximate surface area is 110 Å². The van der Waals surface area contributed by atoms with Crippen LogP contribution in [0.2, 0.25) is 0 Å². The van der Waals surface area contributed by atoms with Crippen LogP contribution in [0, 0.1) is 0 Å². The topological polar surface area (TPSA) is 71.1 Å². The summed E-state index contributed by atoms with van der Waals surface area (Å²) in [6.45, 7) is 0.658. The first-order valence-electron chi connectivity index (χ1n) is 5.26. The number of hydrogen-bond donors (Lipinski definition) is 2. The molecule has 7 heteroatoms. The van der Waals surface area contributed by atoms with Gasteiger partial charge in [-0.1, -0.05) is 6.07 Å². The second kappa shape index (κ2) is 5.47. The molecule has 0 aromatic carbocycles. The van der Waals surface area contributed by atoms with Crippen molar-refractivity contribution in [3.63, 3.8) is 0 Å². The van der Waals surface area contributed by atoms with Crippen LogP contribution in [0.3, 0.4) is 0 Å². The molecule has 5 nitrogen and oxygen atoms in total. The minimum absolute atomic E-state index is 0.0218. The summed E-state index contributed by atoms with van der Waals surface area (Å²) in [6, 6.07) is 4.95. The van der Waals surface area contributed by atoms with Gasteiger partial charge in [-0.25, -0.2) is 4.98 Å². The first kappa shape index (κ1) is 13.0. The van der Waals surface area contributed by atoms with Crippen LogP contribution >= 0.6 is 11.3 Å². The molecule has 2 aromatic heterocycles. The Bertz CT molecular complexity index is 592. The van der Waals surface area contributed by atoms with Crippen molar-refractivity contribution in [3.05, 3.63) is 40.7 Å². The molecule has 0 saturated heterocycles. The van der Waals surface area contributed by atoms with Crippen LogP contribution < -0.4 is 10.0 Å². The van der Waals surface area contributed by atoms with Gasteiger partial charge in [0.2, 0.25) is 0 Å². The van der Waals surface area contributed by atoms with Crippen molar-refractivity contribution < 1.29 is 8.42 Å². The Morgan fingerprint density at radius 3 is 2.72 bits per heavy atom. The highest BCUT2D eigenvalue weighted by Gasteiger charge is 2.15.